The third kappa shape index (κ3) is 3.99. The Morgan fingerprint density at radius 2 is 1.52 bits per heavy atom. The van der Waals surface area contributed by atoms with Gasteiger partial charge >= 0.3 is 29.6 Å². The van der Waals surface area contributed by atoms with Crippen LogP contribution in [0.5, 0.6) is 0 Å². The number of carbonyl (C=O) groups excluding carboxylic acids is 2. The van der Waals surface area contributed by atoms with Crippen LogP contribution in [-0.2, 0) is 9.05 Å². The first-order valence-corrected chi connectivity index (χ1v) is 11.5. The third-order valence-corrected chi connectivity index (χ3v) is 6.79. The van der Waals surface area contributed by atoms with Crippen molar-refractivity contribution >= 4 is 42.7 Å². The number of hydrogen-bond donors (Lipinski definition) is 2. The van der Waals surface area contributed by atoms with Gasteiger partial charge in [0.05, 0.1) is 16.8 Å². The molecule has 0 bridgehead atoms. The second-order valence-electron chi connectivity index (χ2n) is 7.21. The van der Waals surface area contributed by atoms with E-state index in [1.165, 1.54) is 12.1 Å². The summed E-state index contributed by atoms with van der Waals surface area (Å²) in [5.74, 6) is -0.828. The Balaban J connectivity index is 0.00000240. The largest absolute Gasteiger partial charge is 1.00 e. The van der Waals surface area contributed by atoms with E-state index in [0.717, 1.165) is 32.1 Å². The van der Waals surface area contributed by atoms with Crippen LogP contribution in [0.3, 0.4) is 0 Å². The van der Waals surface area contributed by atoms with Crippen LogP contribution in [0, 0.1) is 0 Å². The molecule has 3 N–H and O–H groups in total. The molecule has 0 aliphatic heterocycles. The first-order chi connectivity index (χ1) is 13.3. The van der Waals surface area contributed by atoms with Gasteiger partial charge in [-0.25, -0.2) is 8.42 Å². The number of nitrogens with two attached hydrogens (primary N) is 1. The predicted molar refractivity (Wildman–Crippen MR) is 108 cm³/mol. The molecule has 0 spiro atoms. The minimum absolute atomic E-state index is 0. The first kappa shape index (κ1) is 22.3. The van der Waals surface area contributed by atoms with Crippen LogP contribution in [-0.4, -0.2) is 26.0 Å². The van der Waals surface area contributed by atoms with Crippen LogP contribution >= 0.6 is 10.7 Å². The summed E-state index contributed by atoms with van der Waals surface area (Å²) < 4.78 is 24.2. The summed E-state index contributed by atoms with van der Waals surface area (Å²) in [6, 6.07) is 7.83. The average molecular weight is 442 g/mol. The second kappa shape index (κ2) is 8.40. The Hall–Kier alpha value is -1.38. The van der Waals surface area contributed by atoms with Crippen molar-refractivity contribution in [1.82, 2.24) is 0 Å². The van der Waals surface area contributed by atoms with Gasteiger partial charge in [-0.15, -0.1) is 0 Å². The van der Waals surface area contributed by atoms with E-state index in [9.17, 15) is 18.0 Å². The maximum Gasteiger partial charge on any atom is 1.00 e. The molecule has 29 heavy (non-hydrogen) atoms. The molecule has 0 heterocycles. The number of benzene rings is 2. The topological polar surface area (TPSA) is 106 Å². The van der Waals surface area contributed by atoms with Crippen molar-refractivity contribution in [1.29, 1.82) is 0 Å². The number of rotatable bonds is 3. The molecule has 0 atom stereocenters. The van der Waals surface area contributed by atoms with Crippen LogP contribution in [0.15, 0.2) is 35.2 Å². The van der Waals surface area contributed by atoms with E-state index in [1.54, 1.807) is 18.2 Å². The van der Waals surface area contributed by atoms with E-state index >= 15 is 0 Å². The Morgan fingerprint density at radius 1 is 0.966 bits per heavy atom. The van der Waals surface area contributed by atoms with Crippen LogP contribution in [0.1, 0.15) is 63.9 Å². The van der Waals surface area contributed by atoms with Gasteiger partial charge in [0.25, 0.3) is 9.05 Å². The van der Waals surface area contributed by atoms with E-state index in [2.05, 4.69) is 5.32 Å². The smallest absolute Gasteiger partial charge is 0.397 e. The van der Waals surface area contributed by atoms with Gasteiger partial charge < -0.3 is 11.1 Å². The summed E-state index contributed by atoms with van der Waals surface area (Å²) in [5, 5.41) is 3.28. The van der Waals surface area contributed by atoms with Gasteiger partial charge in [0.1, 0.15) is 4.90 Å². The fourth-order valence-electron chi connectivity index (χ4n) is 4.08. The molecule has 1 saturated carbocycles. The van der Waals surface area contributed by atoms with E-state index in [4.69, 9.17) is 16.4 Å². The number of ketones is 2. The normalized spacial score (nSPS) is 16.6. The van der Waals surface area contributed by atoms with Gasteiger partial charge in [-0.2, -0.15) is 0 Å². The fourth-order valence-corrected chi connectivity index (χ4v) is 5.08. The fraction of sp³-hybridized carbons (Fsp3) is 0.300. The zero-order chi connectivity index (χ0) is 20.1. The minimum atomic E-state index is -4.20. The number of carbonyl (C=O) groups is 2. The Labute approximate surface area is 195 Å². The molecule has 0 unspecified atom stereocenters. The minimum Gasteiger partial charge on any atom is -0.397 e. The number of nitrogens with one attached hydrogen (secondary N) is 1. The van der Waals surface area contributed by atoms with Gasteiger partial charge in [0.2, 0.25) is 0 Å². The van der Waals surface area contributed by atoms with Crippen LogP contribution in [0.25, 0.3) is 0 Å². The van der Waals surface area contributed by atoms with Crippen molar-refractivity contribution in [2.24, 2.45) is 0 Å². The summed E-state index contributed by atoms with van der Waals surface area (Å²) in [5.41, 5.74) is 6.57. The molecule has 0 radical (unpaired) electrons. The van der Waals surface area contributed by atoms with Crippen LogP contribution < -0.4 is 40.6 Å². The zero-order valence-corrected chi connectivity index (χ0v) is 19.6. The monoisotopic (exact) mass is 441 g/mol. The third-order valence-electron chi connectivity index (χ3n) is 5.43. The number of hydrogen-bond acceptors (Lipinski definition) is 6. The quantitative estimate of drug-likeness (QED) is 0.352. The molecule has 2 aromatic carbocycles. The SMILES string of the molecule is Nc1c(S(=O)(=O)Cl)cc(NC2CCCCC2)c2c1C(=O)c1ccccc1C2=O.[Na+]. The van der Waals surface area contributed by atoms with Crippen molar-refractivity contribution in [2.75, 3.05) is 11.1 Å². The molecule has 1 fully saturated rings. The van der Waals surface area contributed by atoms with Crippen molar-refractivity contribution < 1.29 is 47.6 Å². The molecule has 0 saturated heterocycles. The van der Waals surface area contributed by atoms with E-state index < -0.39 is 14.8 Å². The second-order valence-corrected chi connectivity index (χ2v) is 9.74. The van der Waals surface area contributed by atoms with Gasteiger partial charge in [0, 0.05) is 33.5 Å². The van der Waals surface area contributed by atoms with E-state index in [-0.39, 0.29) is 74.2 Å². The number of halogens is 1. The molecule has 146 valence electrons. The predicted octanol–water partition coefficient (Wildman–Crippen LogP) is 0.720. The maximum absolute atomic E-state index is 13.2. The molecule has 4 rings (SSSR count). The van der Waals surface area contributed by atoms with Crippen LogP contribution in [0.2, 0.25) is 0 Å². The summed E-state index contributed by atoms with van der Waals surface area (Å²) >= 11 is 0. The molecule has 6 nitrogen and oxygen atoms in total. The standard InChI is InChI=1S/C20H19ClN2O4S.Na/c21-28(26,27)15-10-14(23-11-6-2-1-3-7-11)16-17(18(15)22)20(25)13-9-5-4-8-12(13)19(16)24;/h4-5,8-11,23H,1-3,6-7,22H2;/q;+1. The van der Waals surface area contributed by atoms with Gasteiger partial charge in [-0.1, -0.05) is 43.5 Å². The Kier molecular flexibility index (Phi) is 6.46. The van der Waals surface area contributed by atoms with Gasteiger partial charge in [0.15, 0.2) is 11.6 Å². The summed E-state index contributed by atoms with van der Waals surface area (Å²) in [6.45, 7) is 0. The van der Waals surface area contributed by atoms with Crippen molar-refractivity contribution in [3.05, 3.63) is 52.6 Å². The number of nitrogen functional groups attached to an aromatic ring is 1. The van der Waals surface area contributed by atoms with Crippen molar-refractivity contribution in [2.45, 2.75) is 43.0 Å². The summed E-state index contributed by atoms with van der Waals surface area (Å²) in [6.07, 6.45) is 5.04. The maximum atomic E-state index is 13.2. The molecule has 2 aromatic rings. The number of fused-ring (bicyclic) bond motifs is 2. The molecule has 0 aromatic heterocycles. The summed E-state index contributed by atoms with van der Waals surface area (Å²) in [7, 11) is 1.37. The number of anilines is 2. The Morgan fingerprint density at radius 3 is 2.07 bits per heavy atom. The molecule has 9 heteroatoms. The summed E-state index contributed by atoms with van der Waals surface area (Å²) in [4.78, 5) is 25.9. The first-order valence-electron chi connectivity index (χ1n) is 9.15. The van der Waals surface area contributed by atoms with Gasteiger partial charge in [-0.3, -0.25) is 9.59 Å². The molecule has 0 amide bonds. The van der Waals surface area contributed by atoms with E-state index in [1.807, 2.05) is 0 Å². The molecular weight excluding hydrogens is 423 g/mol. The average Bonchev–Trinajstić information content (AvgIpc) is 2.67. The van der Waals surface area contributed by atoms with Crippen molar-refractivity contribution in [3.63, 3.8) is 0 Å². The van der Waals surface area contributed by atoms with Crippen LogP contribution in [0.4, 0.5) is 11.4 Å². The molecule has 2 aliphatic carbocycles. The molecule has 2 aliphatic rings. The Bertz CT molecular complexity index is 1110. The zero-order valence-electron chi connectivity index (χ0n) is 16.0. The van der Waals surface area contributed by atoms with Crippen molar-refractivity contribution in [3.8, 4) is 0 Å². The van der Waals surface area contributed by atoms with E-state index in [0.29, 0.717) is 5.69 Å². The van der Waals surface area contributed by atoms with Gasteiger partial charge in [-0.05, 0) is 18.9 Å². The molecular formula is C20H19ClN2NaO4S+.